The van der Waals surface area contributed by atoms with Gasteiger partial charge in [-0.15, -0.1) is 0 Å². The normalized spacial score (nSPS) is 12.4. The number of ether oxygens (including phenoxy) is 2. The second-order valence-electron chi connectivity index (χ2n) is 5.86. The molecule has 3 aromatic rings. The number of aromatic nitrogens is 1. The number of hydrogen-bond acceptors (Lipinski definition) is 5. The van der Waals surface area contributed by atoms with Gasteiger partial charge in [-0.1, -0.05) is 24.3 Å². The lowest BCUT2D eigenvalue weighted by molar-refractivity contribution is -0.139. The number of para-hydroxylation sites is 1. The van der Waals surface area contributed by atoms with E-state index in [0.29, 0.717) is 11.5 Å². The second kappa shape index (κ2) is 7.20. The summed E-state index contributed by atoms with van der Waals surface area (Å²) in [4.78, 5) is 26.9. The molecule has 136 valence electrons. The van der Waals surface area contributed by atoms with E-state index in [-0.39, 0.29) is 13.3 Å². The van der Waals surface area contributed by atoms with Crippen LogP contribution in [0.3, 0.4) is 0 Å². The molecule has 8 nitrogen and oxygen atoms in total. The minimum atomic E-state index is -0.841. The van der Waals surface area contributed by atoms with Crippen molar-refractivity contribution in [3.63, 3.8) is 0 Å². The Bertz CT molecular complexity index is 1040. The molecule has 4 rings (SSSR count). The number of aromatic amines is 1. The van der Waals surface area contributed by atoms with Crippen LogP contribution in [0.15, 0.2) is 53.8 Å². The molecule has 0 unspecified atom stereocenters. The van der Waals surface area contributed by atoms with Crippen LogP contribution in [0, 0.1) is 0 Å². The van der Waals surface area contributed by atoms with E-state index in [1.807, 2.05) is 24.3 Å². The summed E-state index contributed by atoms with van der Waals surface area (Å²) in [5.74, 6) is -0.334. The average molecular weight is 364 g/mol. The molecule has 0 bridgehead atoms. The largest absolute Gasteiger partial charge is 0.454 e. The fourth-order valence-electron chi connectivity index (χ4n) is 2.73. The fourth-order valence-corrected chi connectivity index (χ4v) is 2.73. The van der Waals surface area contributed by atoms with Crippen LogP contribution >= 0.6 is 0 Å². The highest BCUT2D eigenvalue weighted by Crippen LogP contribution is 2.32. The Morgan fingerprint density at radius 2 is 1.96 bits per heavy atom. The number of hydrazone groups is 1. The predicted octanol–water partition coefficient (Wildman–Crippen LogP) is 1.66. The van der Waals surface area contributed by atoms with E-state index in [2.05, 4.69) is 20.8 Å². The van der Waals surface area contributed by atoms with E-state index in [0.717, 1.165) is 22.0 Å². The number of nitrogens with zero attached hydrogens (tertiary/aromatic N) is 1. The lowest BCUT2D eigenvalue weighted by Gasteiger charge is -2.05. The van der Waals surface area contributed by atoms with Crippen LogP contribution in [0.4, 0.5) is 0 Å². The zero-order valence-corrected chi connectivity index (χ0v) is 14.2. The summed E-state index contributed by atoms with van der Waals surface area (Å²) >= 11 is 0. The van der Waals surface area contributed by atoms with Crippen molar-refractivity contribution in [2.45, 2.75) is 6.54 Å². The molecule has 0 aliphatic carbocycles. The van der Waals surface area contributed by atoms with Crippen molar-refractivity contribution < 1.29 is 19.1 Å². The number of fused-ring (bicyclic) bond motifs is 2. The molecule has 0 saturated heterocycles. The molecular weight excluding hydrogens is 348 g/mol. The van der Waals surface area contributed by atoms with Crippen molar-refractivity contribution in [3.05, 3.63) is 59.8 Å². The summed E-state index contributed by atoms with van der Waals surface area (Å²) in [5.41, 5.74) is 4.79. The maximum absolute atomic E-state index is 11.9. The summed E-state index contributed by atoms with van der Waals surface area (Å²) in [6, 6.07) is 13.0. The topological polar surface area (TPSA) is 105 Å². The van der Waals surface area contributed by atoms with Crippen molar-refractivity contribution >= 4 is 28.9 Å². The van der Waals surface area contributed by atoms with Gasteiger partial charge in [0.05, 0.1) is 6.21 Å². The van der Waals surface area contributed by atoms with E-state index < -0.39 is 11.8 Å². The fraction of sp³-hybridized carbons (Fsp3) is 0.105. The number of amides is 2. The third-order valence-electron chi connectivity index (χ3n) is 4.09. The van der Waals surface area contributed by atoms with Crippen molar-refractivity contribution in [1.82, 2.24) is 15.7 Å². The summed E-state index contributed by atoms with van der Waals surface area (Å²) < 4.78 is 10.5. The summed E-state index contributed by atoms with van der Waals surface area (Å²) in [5, 5.41) is 7.36. The lowest BCUT2D eigenvalue weighted by Crippen LogP contribution is -2.37. The number of rotatable bonds is 4. The molecule has 1 aliphatic heterocycles. The molecule has 0 saturated carbocycles. The Hall–Kier alpha value is -3.81. The maximum atomic E-state index is 11.9. The molecule has 27 heavy (non-hydrogen) atoms. The zero-order valence-electron chi connectivity index (χ0n) is 14.2. The first-order valence-electron chi connectivity index (χ1n) is 8.26. The van der Waals surface area contributed by atoms with E-state index in [4.69, 9.17) is 9.47 Å². The molecule has 3 N–H and O–H groups in total. The molecule has 2 aromatic carbocycles. The van der Waals surface area contributed by atoms with Gasteiger partial charge in [-0.3, -0.25) is 9.59 Å². The van der Waals surface area contributed by atoms with Crippen molar-refractivity contribution in [2.75, 3.05) is 6.79 Å². The van der Waals surface area contributed by atoms with Crippen LogP contribution in [0.2, 0.25) is 0 Å². The van der Waals surface area contributed by atoms with Crippen LogP contribution < -0.4 is 20.2 Å². The molecule has 2 heterocycles. The quantitative estimate of drug-likeness (QED) is 0.372. The second-order valence-corrected chi connectivity index (χ2v) is 5.86. The lowest BCUT2D eigenvalue weighted by atomic mass is 10.2. The van der Waals surface area contributed by atoms with Crippen LogP contribution in [0.25, 0.3) is 10.9 Å². The van der Waals surface area contributed by atoms with Gasteiger partial charge in [0, 0.05) is 29.2 Å². The Morgan fingerprint density at radius 3 is 2.89 bits per heavy atom. The van der Waals surface area contributed by atoms with Gasteiger partial charge >= 0.3 is 11.8 Å². The highest BCUT2D eigenvalue weighted by Gasteiger charge is 2.15. The van der Waals surface area contributed by atoms with Gasteiger partial charge in [0.15, 0.2) is 11.5 Å². The third kappa shape index (κ3) is 3.59. The minimum absolute atomic E-state index is 0.183. The van der Waals surface area contributed by atoms with Crippen LogP contribution in [-0.4, -0.2) is 29.8 Å². The Labute approximate surface area is 154 Å². The van der Waals surface area contributed by atoms with Crippen LogP contribution in [-0.2, 0) is 16.1 Å². The first-order valence-corrected chi connectivity index (χ1v) is 8.26. The van der Waals surface area contributed by atoms with Crippen molar-refractivity contribution in [2.24, 2.45) is 5.10 Å². The highest BCUT2D eigenvalue weighted by atomic mass is 16.7. The molecule has 1 aromatic heterocycles. The summed E-state index contributed by atoms with van der Waals surface area (Å²) in [6.45, 7) is 0.372. The molecule has 0 radical (unpaired) electrons. The van der Waals surface area contributed by atoms with E-state index >= 15 is 0 Å². The van der Waals surface area contributed by atoms with Gasteiger partial charge in [-0.2, -0.15) is 5.10 Å². The van der Waals surface area contributed by atoms with Gasteiger partial charge in [-0.25, -0.2) is 5.43 Å². The first kappa shape index (κ1) is 16.6. The molecule has 0 spiro atoms. The van der Waals surface area contributed by atoms with Gasteiger partial charge in [0.1, 0.15) is 0 Å². The average Bonchev–Trinajstić information content (AvgIpc) is 3.32. The first-order chi connectivity index (χ1) is 13.2. The van der Waals surface area contributed by atoms with E-state index in [1.54, 1.807) is 24.4 Å². The van der Waals surface area contributed by atoms with Gasteiger partial charge < -0.3 is 19.8 Å². The summed E-state index contributed by atoms with van der Waals surface area (Å²) in [6.07, 6.45) is 3.27. The maximum Gasteiger partial charge on any atom is 0.329 e. The number of benzene rings is 2. The molecule has 2 amide bonds. The number of hydrogen-bond donors (Lipinski definition) is 3. The molecule has 1 aliphatic rings. The Balaban J connectivity index is 1.31. The van der Waals surface area contributed by atoms with Crippen LogP contribution in [0.5, 0.6) is 11.5 Å². The smallest absolute Gasteiger partial charge is 0.329 e. The number of carbonyl (C=O) groups excluding carboxylic acids is 2. The predicted molar refractivity (Wildman–Crippen MR) is 98.4 cm³/mol. The van der Waals surface area contributed by atoms with Crippen molar-refractivity contribution in [3.8, 4) is 11.5 Å². The molecule has 0 fully saturated rings. The number of nitrogens with one attached hydrogen (secondary N) is 3. The number of H-pyrrole nitrogens is 1. The zero-order chi connectivity index (χ0) is 18.6. The monoisotopic (exact) mass is 364 g/mol. The molecular formula is C19H16N4O4. The number of carbonyl (C=O) groups is 2. The highest BCUT2D eigenvalue weighted by molar-refractivity contribution is 6.35. The van der Waals surface area contributed by atoms with Crippen LogP contribution in [0.1, 0.15) is 11.1 Å². The van der Waals surface area contributed by atoms with E-state index in [1.165, 1.54) is 6.21 Å². The summed E-state index contributed by atoms with van der Waals surface area (Å²) in [7, 11) is 0. The molecule has 8 heteroatoms. The van der Waals surface area contributed by atoms with Gasteiger partial charge in [0.25, 0.3) is 0 Å². The Kier molecular flexibility index (Phi) is 4.44. The Morgan fingerprint density at radius 1 is 1.11 bits per heavy atom. The minimum Gasteiger partial charge on any atom is -0.454 e. The van der Waals surface area contributed by atoms with Crippen molar-refractivity contribution in [1.29, 1.82) is 0 Å². The van der Waals surface area contributed by atoms with E-state index in [9.17, 15) is 9.59 Å². The van der Waals surface area contributed by atoms with Gasteiger partial charge in [0.2, 0.25) is 6.79 Å². The third-order valence-corrected chi connectivity index (χ3v) is 4.09. The SMILES string of the molecule is O=C(NCc1ccc2c(c1)OCO2)C(=O)N/N=C/c1c[nH]c2ccccc12. The molecule has 0 atom stereocenters. The van der Waals surface area contributed by atoms with Gasteiger partial charge in [-0.05, 0) is 23.8 Å². The standard InChI is InChI=1S/C19H16N4O4/c24-18(21-8-12-5-6-16-17(7-12)27-11-26-16)19(25)23-22-10-13-9-20-15-4-2-1-3-14(13)15/h1-7,9-10,20H,8,11H2,(H,21,24)(H,23,25)/b22-10+.